The summed E-state index contributed by atoms with van der Waals surface area (Å²) in [5.74, 6) is 1.23. The van der Waals surface area contributed by atoms with Crippen LogP contribution in [-0.4, -0.2) is 15.3 Å². The highest BCUT2D eigenvalue weighted by atomic mass is 16.1. The van der Waals surface area contributed by atoms with Gasteiger partial charge in [-0.15, -0.1) is 0 Å². The average molecular weight is 230 g/mol. The predicted molar refractivity (Wildman–Crippen MR) is 69.2 cm³/mol. The van der Waals surface area contributed by atoms with Gasteiger partial charge in [-0.2, -0.15) is 0 Å². The van der Waals surface area contributed by atoms with Crippen LogP contribution in [0.2, 0.25) is 0 Å². The van der Waals surface area contributed by atoms with Gasteiger partial charge in [0.2, 0.25) is 0 Å². The second-order valence-electron chi connectivity index (χ2n) is 4.81. The number of ketones is 1. The highest BCUT2D eigenvalue weighted by Crippen LogP contribution is 2.18. The summed E-state index contributed by atoms with van der Waals surface area (Å²) in [5.41, 5.74) is 1.96. The van der Waals surface area contributed by atoms with Crippen LogP contribution in [0.15, 0.2) is 24.3 Å². The van der Waals surface area contributed by atoms with Crippen molar-refractivity contribution in [3.63, 3.8) is 0 Å². The summed E-state index contributed by atoms with van der Waals surface area (Å²) in [6.07, 6.45) is 1.06. The number of para-hydroxylation sites is 2. The topological polar surface area (TPSA) is 34.9 Å². The van der Waals surface area contributed by atoms with Crippen LogP contribution in [0.25, 0.3) is 11.0 Å². The summed E-state index contributed by atoms with van der Waals surface area (Å²) in [5, 5.41) is 0. The molecular weight excluding hydrogens is 212 g/mol. The third-order valence-electron chi connectivity index (χ3n) is 2.90. The van der Waals surface area contributed by atoms with E-state index in [0.29, 0.717) is 11.7 Å². The average Bonchev–Trinajstić information content (AvgIpc) is 2.65. The van der Waals surface area contributed by atoms with Crippen LogP contribution < -0.4 is 0 Å². The third-order valence-corrected chi connectivity index (χ3v) is 2.90. The van der Waals surface area contributed by atoms with Gasteiger partial charge in [-0.05, 0) is 24.5 Å². The third kappa shape index (κ3) is 2.38. The Morgan fingerprint density at radius 1 is 1.35 bits per heavy atom. The summed E-state index contributed by atoms with van der Waals surface area (Å²) >= 11 is 0. The van der Waals surface area contributed by atoms with Crippen LogP contribution in [-0.2, 0) is 6.54 Å². The first kappa shape index (κ1) is 11.8. The molecule has 2 rings (SSSR count). The Balaban J connectivity index is 2.48. The molecule has 0 atom stereocenters. The molecule has 0 saturated carbocycles. The maximum absolute atomic E-state index is 11.6. The lowest BCUT2D eigenvalue weighted by Crippen LogP contribution is -2.09. The van der Waals surface area contributed by atoms with E-state index in [2.05, 4.69) is 18.8 Å². The molecule has 0 fully saturated rings. The number of aromatic nitrogens is 2. The van der Waals surface area contributed by atoms with Gasteiger partial charge in [0, 0.05) is 13.5 Å². The van der Waals surface area contributed by atoms with Gasteiger partial charge in [0.15, 0.2) is 11.6 Å². The number of hydrogen-bond acceptors (Lipinski definition) is 2. The molecule has 0 aliphatic heterocycles. The van der Waals surface area contributed by atoms with Gasteiger partial charge in [-0.25, -0.2) is 4.98 Å². The molecule has 0 saturated heterocycles. The van der Waals surface area contributed by atoms with Gasteiger partial charge in [0.25, 0.3) is 0 Å². The molecule has 90 valence electrons. The molecule has 0 radical (unpaired) electrons. The Bertz CT molecular complexity index is 540. The summed E-state index contributed by atoms with van der Waals surface area (Å²) in [6, 6.07) is 7.91. The molecule has 0 aliphatic carbocycles. The lowest BCUT2D eigenvalue weighted by molar-refractivity contribution is 0.0999. The second kappa shape index (κ2) is 4.70. The predicted octanol–water partition coefficient (Wildman–Crippen LogP) is 3.29. The van der Waals surface area contributed by atoms with Gasteiger partial charge in [-0.3, -0.25) is 4.79 Å². The number of fused-ring (bicyclic) bond motifs is 1. The first-order valence-corrected chi connectivity index (χ1v) is 6.06. The molecule has 0 amide bonds. The number of carbonyl (C=O) groups excluding carboxylic acids is 1. The minimum absolute atomic E-state index is 0.0324. The molecule has 0 spiro atoms. The number of rotatable bonds is 4. The number of hydrogen-bond donors (Lipinski definition) is 0. The van der Waals surface area contributed by atoms with Crippen LogP contribution in [0.3, 0.4) is 0 Å². The van der Waals surface area contributed by atoms with Gasteiger partial charge >= 0.3 is 0 Å². The van der Waals surface area contributed by atoms with Crippen LogP contribution in [0.4, 0.5) is 0 Å². The van der Waals surface area contributed by atoms with Crippen LogP contribution in [0.1, 0.15) is 37.8 Å². The zero-order valence-corrected chi connectivity index (χ0v) is 10.6. The van der Waals surface area contributed by atoms with Gasteiger partial charge in [-0.1, -0.05) is 26.0 Å². The summed E-state index contributed by atoms with van der Waals surface area (Å²) in [4.78, 5) is 16.0. The Labute approximate surface area is 101 Å². The molecule has 0 bridgehead atoms. The minimum Gasteiger partial charge on any atom is -0.321 e. The van der Waals surface area contributed by atoms with E-state index in [1.807, 2.05) is 28.8 Å². The fourth-order valence-corrected chi connectivity index (χ4v) is 1.96. The molecule has 2 aromatic rings. The van der Waals surface area contributed by atoms with Crippen molar-refractivity contribution in [2.24, 2.45) is 5.92 Å². The van der Waals surface area contributed by atoms with Crippen molar-refractivity contribution in [1.29, 1.82) is 0 Å². The Morgan fingerprint density at radius 2 is 2.06 bits per heavy atom. The molecule has 0 N–H and O–H groups in total. The normalized spacial score (nSPS) is 11.3. The monoisotopic (exact) mass is 230 g/mol. The van der Waals surface area contributed by atoms with Gasteiger partial charge in [0.05, 0.1) is 11.0 Å². The van der Waals surface area contributed by atoms with Crippen molar-refractivity contribution in [3.05, 3.63) is 30.1 Å². The first-order chi connectivity index (χ1) is 8.09. The maximum atomic E-state index is 11.6. The van der Waals surface area contributed by atoms with E-state index in [1.165, 1.54) is 0 Å². The molecule has 0 unspecified atom stereocenters. The van der Waals surface area contributed by atoms with Crippen LogP contribution >= 0.6 is 0 Å². The molecule has 3 nitrogen and oxygen atoms in total. The maximum Gasteiger partial charge on any atom is 0.195 e. The van der Waals surface area contributed by atoms with E-state index in [1.54, 1.807) is 6.92 Å². The molecule has 17 heavy (non-hydrogen) atoms. The lowest BCUT2D eigenvalue weighted by Gasteiger charge is -2.09. The van der Waals surface area contributed by atoms with E-state index >= 15 is 0 Å². The van der Waals surface area contributed by atoms with Crippen molar-refractivity contribution < 1.29 is 4.79 Å². The van der Waals surface area contributed by atoms with Gasteiger partial charge < -0.3 is 4.57 Å². The fraction of sp³-hybridized carbons (Fsp3) is 0.429. The number of Topliss-reactive ketones (excluding diaryl/α,β-unsaturated/α-hetero) is 1. The second-order valence-corrected chi connectivity index (χ2v) is 4.81. The number of imidazole rings is 1. The quantitative estimate of drug-likeness (QED) is 0.755. The van der Waals surface area contributed by atoms with E-state index in [0.717, 1.165) is 24.0 Å². The number of aryl methyl sites for hydroxylation is 1. The standard InChI is InChI=1S/C14H18N2O/c1-10(2)8-9-16-13-7-5-4-6-12(13)15-14(16)11(3)17/h4-7,10H,8-9H2,1-3H3. The molecule has 1 aromatic heterocycles. The van der Waals surface area contributed by atoms with E-state index in [9.17, 15) is 4.79 Å². The summed E-state index contributed by atoms with van der Waals surface area (Å²) < 4.78 is 2.04. The molecular formula is C14H18N2O. The minimum atomic E-state index is 0.0324. The largest absolute Gasteiger partial charge is 0.321 e. The number of carbonyl (C=O) groups is 1. The highest BCUT2D eigenvalue weighted by molar-refractivity contribution is 5.94. The lowest BCUT2D eigenvalue weighted by atomic mass is 10.1. The SMILES string of the molecule is CC(=O)c1nc2ccccc2n1CCC(C)C. The zero-order valence-electron chi connectivity index (χ0n) is 10.6. The van der Waals surface area contributed by atoms with E-state index < -0.39 is 0 Å². The first-order valence-electron chi connectivity index (χ1n) is 6.06. The molecule has 3 heteroatoms. The van der Waals surface area contributed by atoms with Gasteiger partial charge in [0.1, 0.15) is 0 Å². The smallest absolute Gasteiger partial charge is 0.195 e. The summed E-state index contributed by atoms with van der Waals surface area (Å²) in [6.45, 7) is 6.80. The Morgan fingerprint density at radius 3 is 2.71 bits per heavy atom. The van der Waals surface area contributed by atoms with E-state index in [4.69, 9.17) is 0 Å². The molecule has 1 aromatic carbocycles. The fourth-order valence-electron chi connectivity index (χ4n) is 1.96. The van der Waals surface area contributed by atoms with Crippen molar-refractivity contribution in [3.8, 4) is 0 Å². The highest BCUT2D eigenvalue weighted by Gasteiger charge is 2.13. The van der Waals surface area contributed by atoms with Crippen molar-refractivity contribution in [2.45, 2.75) is 33.7 Å². The van der Waals surface area contributed by atoms with Crippen molar-refractivity contribution >= 4 is 16.8 Å². The Hall–Kier alpha value is -1.64. The zero-order chi connectivity index (χ0) is 12.4. The molecule has 0 aliphatic rings. The number of benzene rings is 1. The Kier molecular flexibility index (Phi) is 3.27. The van der Waals surface area contributed by atoms with E-state index in [-0.39, 0.29) is 5.78 Å². The number of nitrogens with zero attached hydrogens (tertiary/aromatic N) is 2. The summed E-state index contributed by atoms with van der Waals surface area (Å²) in [7, 11) is 0. The van der Waals surface area contributed by atoms with Crippen molar-refractivity contribution in [1.82, 2.24) is 9.55 Å². The van der Waals surface area contributed by atoms with Crippen LogP contribution in [0.5, 0.6) is 0 Å². The van der Waals surface area contributed by atoms with Crippen molar-refractivity contribution in [2.75, 3.05) is 0 Å². The van der Waals surface area contributed by atoms with Crippen LogP contribution in [0, 0.1) is 5.92 Å². The molecule has 1 heterocycles.